The first kappa shape index (κ1) is 12.0. The quantitative estimate of drug-likeness (QED) is 0.480. The van der Waals surface area contributed by atoms with Crippen LogP contribution < -0.4 is 10.6 Å². The lowest BCUT2D eigenvalue weighted by atomic mass is 10.3. The van der Waals surface area contributed by atoms with E-state index in [-0.39, 0.29) is 5.91 Å². The highest BCUT2D eigenvalue weighted by molar-refractivity contribution is 5.72. The second-order valence-electron chi connectivity index (χ2n) is 2.69. The van der Waals surface area contributed by atoms with E-state index in [0.29, 0.717) is 6.54 Å². The van der Waals surface area contributed by atoms with Gasteiger partial charge in [0.25, 0.3) is 0 Å². The molecule has 0 aliphatic heterocycles. The third-order valence-corrected chi connectivity index (χ3v) is 1.43. The topological polar surface area (TPSA) is 41.1 Å². The third kappa shape index (κ3) is 11.0. The summed E-state index contributed by atoms with van der Waals surface area (Å²) in [5.74, 6) is 6.03. The minimum atomic E-state index is 0.00875. The Balaban J connectivity index is 3.15. The van der Waals surface area contributed by atoms with E-state index in [2.05, 4.69) is 29.4 Å². The molecule has 3 heteroatoms. The van der Waals surface area contributed by atoms with Crippen molar-refractivity contribution in [1.29, 1.82) is 0 Å². The van der Waals surface area contributed by atoms with Crippen LogP contribution in [0.4, 0.5) is 0 Å². The zero-order valence-corrected chi connectivity index (χ0v) is 8.44. The van der Waals surface area contributed by atoms with Crippen LogP contribution in [0, 0.1) is 11.8 Å². The maximum absolute atomic E-state index is 10.4. The predicted molar refractivity (Wildman–Crippen MR) is 54.2 cm³/mol. The zero-order valence-electron chi connectivity index (χ0n) is 8.44. The second kappa shape index (κ2) is 9.08. The molecule has 0 unspecified atom stereocenters. The molecule has 1 amide bonds. The van der Waals surface area contributed by atoms with Crippen LogP contribution in [-0.4, -0.2) is 25.5 Å². The van der Waals surface area contributed by atoms with Gasteiger partial charge in [-0.25, -0.2) is 0 Å². The molecule has 13 heavy (non-hydrogen) atoms. The largest absolute Gasteiger partial charge is 0.355 e. The van der Waals surface area contributed by atoms with Crippen molar-refractivity contribution in [2.75, 3.05) is 19.6 Å². The lowest BCUT2D eigenvalue weighted by Gasteiger charge is -1.95. The van der Waals surface area contributed by atoms with E-state index < -0.39 is 0 Å². The van der Waals surface area contributed by atoms with Gasteiger partial charge in [0, 0.05) is 32.9 Å². The third-order valence-electron chi connectivity index (χ3n) is 1.43. The van der Waals surface area contributed by atoms with E-state index in [1.54, 1.807) is 0 Å². The Bertz CT molecular complexity index is 191. The lowest BCUT2D eigenvalue weighted by Crippen LogP contribution is -2.20. The minimum absolute atomic E-state index is 0.00875. The summed E-state index contributed by atoms with van der Waals surface area (Å²) in [6, 6.07) is 0. The summed E-state index contributed by atoms with van der Waals surface area (Å²) in [5.41, 5.74) is 0. The number of carbonyl (C=O) groups excluding carboxylic acids is 1. The Morgan fingerprint density at radius 2 is 1.85 bits per heavy atom. The monoisotopic (exact) mass is 182 g/mol. The molecule has 0 spiro atoms. The van der Waals surface area contributed by atoms with Crippen LogP contribution in [0.5, 0.6) is 0 Å². The number of nitrogens with one attached hydrogen (secondary N) is 2. The van der Waals surface area contributed by atoms with Crippen LogP contribution in [0.1, 0.15) is 26.7 Å². The highest BCUT2D eigenvalue weighted by Crippen LogP contribution is 1.75. The van der Waals surface area contributed by atoms with Crippen LogP contribution >= 0.6 is 0 Å². The van der Waals surface area contributed by atoms with Gasteiger partial charge in [-0.3, -0.25) is 4.79 Å². The Labute approximate surface area is 80.3 Å². The van der Waals surface area contributed by atoms with Crippen molar-refractivity contribution in [2.45, 2.75) is 26.7 Å². The number of carbonyl (C=O) groups is 1. The molecule has 0 saturated heterocycles. The van der Waals surface area contributed by atoms with Gasteiger partial charge in [0.05, 0.1) is 0 Å². The van der Waals surface area contributed by atoms with Gasteiger partial charge in [-0.1, -0.05) is 6.92 Å². The molecule has 0 aromatic rings. The van der Waals surface area contributed by atoms with Crippen LogP contribution in [0.25, 0.3) is 0 Å². The normalized spacial score (nSPS) is 8.77. The summed E-state index contributed by atoms with van der Waals surface area (Å²) in [6.45, 7) is 6.18. The molecule has 0 aromatic carbocycles. The smallest absolute Gasteiger partial charge is 0.216 e. The molecule has 0 atom stereocenters. The SMILES string of the molecule is CCNCCC#CCCNC(C)=O. The molecule has 0 rings (SSSR count). The average molecular weight is 182 g/mol. The number of rotatable bonds is 5. The number of amides is 1. The molecule has 3 nitrogen and oxygen atoms in total. The first-order valence-electron chi connectivity index (χ1n) is 4.68. The molecule has 0 aliphatic rings. The molecule has 0 saturated carbocycles. The van der Waals surface area contributed by atoms with Gasteiger partial charge in [0.2, 0.25) is 5.91 Å². The first-order chi connectivity index (χ1) is 6.27. The van der Waals surface area contributed by atoms with Gasteiger partial charge in [-0.15, -0.1) is 11.8 Å². The summed E-state index contributed by atoms with van der Waals surface area (Å²) < 4.78 is 0. The minimum Gasteiger partial charge on any atom is -0.355 e. The van der Waals surface area contributed by atoms with Crippen molar-refractivity contribution in [1.82, 2.24) is 10.6 Å². The fourth-order valence-electron chi connectivity index (χ4n) is 0.805. The van der Waals surface area contributed by atoms with Crippen molar-refractivity contribution in [3.63, 3.8) is 0 Å². The molecule has 0 fully saturated rings. The number of hydrogen-bond donors (Lipinski definition) is 2. The predicted octanol–water partition coefficient (Wildman–Crippen LogP) is 0.516. The maximum Gasteiger partial charge on any atom is 0.216 e. The van der Waals surface area contributed by atoms with Crippen molar-refractivity contribution < 1.29 is 4.79 Å². The first-order valence-corrected chi connectivity index (χ1v) is 4.68. The van der Waals surface area contributed by atoms with Gasteiger partial charge in [0.15, 0.2) is 0 Å². The van der Waals surface area contributed by atoms with E-state index in [0.717, 1.165) is 25.9 Å². The summed E-state index contributed by atoms with van der Waals surface area (Å²) in [5, 5.41) is 5.88. The van der Waals surface area contributed by atoms with Gasteiger partial charge < -0.3 is 10.6 Å². The Kier molecular flexibility index (Phi) is 8.38. The summed E-state index contributed by atoms with van der Waals surface area (Å²) in [7, 11) is 0. The Hall–Kier alpha value is -1.01. The molecular weight excluding hydrogens is 164 g/mol. The maximum atomic E-state index is 10.4. The van der Waals surface area contributed by atoms with Crippen molar-refractivity contribution in [3.05, 3.63) is 0 Å². The fourth-order valence-corrected chi connectivity index (χ4v) is 0.805. The van der Waals surface area contributed by atoms with E-state index in [1.807, 2.05) is 0 Å². The van der Waals surface area contributed by atoms with Gasteiger partial charge in [-0.2, -0.15) is 0 Å². The summed E-state index contributed by atoms with van der Waals surface area (Å²) >= 11 is 0. The zero-order chi connectivity index (χ0) is 9.94. The second-order valence-corrected chi connectivity index (χ2v) is 2.69. The fraction of sp³-hybridized carbons (Fsp3) is 0.700. The summed E-state index contributed by atoms with van der Waals surface area (Å²) in [6.07, 6.45) is 1.62. The summed E-state index contributed by atoms with van der Waals surface area (Å²) in [4.78, 5) is 10.4. The Morgan fingerprint density at radius 3 is 2.38 bits per heavy atom. The molecule has 0 heterocycles. The van der Waals surface area contributed by atoms with Crippen LogP contribution in [0.3, 0.4) is 0 Å². The van der Waals surface area contributed by atoms with Crippen molar-refractivity contribution in [3.8, 4) is 11.8 Å². The van der Waals surface area contributed by atoms with E-state index in [1.165, 1.54) is 6.92 Å². The molecule has 0 aromatic heterocycles. The van der Waals surface area contributed by atoms with E-state index in [4.69, 9.17) is 0 Å². The van der Waals surface area contributed by atoms with Gasteiger partial charge in [-0.05, 0) is 6.54 Å². The highest BCUT2D eigenvalue weighted by Gasteiger charge is 1.85. The van der Waals surface area contributed by atoms with E-state index in [9.17, 15) is 4.79 Å². The molecular formula is C10H18N2O. The van der Waals surface area contributed by atoms with Crippen LogP contribution in [0.15, 0.2) is 0 Å². The Morgan fingerprint density at radius 1 is 1.23 bits per heavy atom. The molecule has 0 bridgehead atoms. The van der Waals surface area contributed by atoms with Crippen molar-refractivity contribution in [2.24, 2.45) is 0 Å². The molecule has 74 valence electrons. The lowest BCUT2D eigenvalue weighted by molar-refractivity contribution is -0.118. The average Bonchev–Trinajstić information content (AvgIpc) is 2.09. The van der Waals surface area contributed by atoms with Crippen LogP contribution in [0.2, 0.25) is 0 Å². The molecule has 0 aliphatic carbocycles. The molecule has 0 radical (unpaired) electrons. The van der Waals surface area contributed by atoms with Gasteiger partial charge in [0.1, 0.15) is 0 Å². The van der Waals surface area contributed by atoms with E-state index >= 15 is 0 Å². The number of hydrogen-bond acceptors (Lipinski definition) is 2. The van der Waals surface area contributed by atoms with Crippen molar-refractivity contribution >= 4 is 5.91 Å². The van der Waals surface area contributed by atoms with Gasteiger partial charge >= 0.3 is 0 Å². The van der Waals surface area contributed by atoms with Crippen LogP contribution in [-0.2, 0) is 4.79 Å². The molecule has 2 N–H and O–H groups in total. The standard InChI is InChI=1S/C10H18N2O/c1-3-11-8-6-4-5-7-9-12-10(2)13/h11H,3,6-9H2,1-2H3,(H,12,13). The highest BCUT2D eigenvalue weighted by atomic mass is 16.1.